The van der Waals surface area contributed by atoms with Crippen molar-refractivity contribution in [1.82, 2.24) is 0 Å². The highest BCUT2D eigenvalue weighted by Crippen LogP contribution is 2.20. The number of esters is 1. The molecule has 0 unspecified atom stereocenters. The van der Waals surface area contributed by atoms with E-state index in [4.69, 9.17) is 26.6 Å². The Morgan fingerprint density at radius 3 is 2.36 bits per heavy atom. The summed E-state index contributed by atoms with van der Waals surface area (Å²) in [5.74, 6) is -0.185. The maximum absolute atomic E-state index is 11.0. The lowest BCUT2D eigenvalue weighted by Gasteiger charge is -2.27. The van der Waals surface area contributed by atoms with E-state index >= 15 is 0 Å². The molecule has 0 aliphatic carbocycles. The van der Waals surface area contributed by atoms with Crippen molar-refractivity contribution in [1.29, 1.82) is 0 Å². The second-order valence-corrected chi connectivity index (χ2v) is 3.65. The summed E-state index contributed by atoms with van der Waals surface area (Å²) in [6.07, 6.45) is 0.701. The summed E-state index contributed by atoms with van der Waals surface area (Å²) in [6, 6.07) is 0. The third-order valence-electron chi connectivity index (χ3n) is 2.26. The Morgan fingerprint density at radius 2 is 2.00 bits per heavy atom. The second kappa shape index (κ2) is 7.04. The molecule has 0 saturated heterocycles. The maximum Gasteiger partial charge on any atom is 0.307 e. The average molecular weight is 225 g/mol. The quantitative estimate of drug-likeness (QED) is 0.489. The van der Waals surface area contributed by atoms with Crippen LogP contribution >= 0.6 is 11.6 Å². The molecule has 0 aromatic heterocycles. The molecule has 4 nitrogen and oxygen atoms in total. The van der Waals surface area contributed by atoms with Gasteiger partial charge in [-0.3, -0.25) is 4.79 Å². The smallest absolute Gasteiger partial charge is 0.307 e. The molecule has 0 amide bonds. The number of aliphatic hydroxyl groups excluding tert-OH is 2. The minimum atomic E-state index is -0.720. The summed E-state index contributed by atoms with van der Waals surface area (Å²) in [5.41, 5.74) is -0.720. The molecule has 0 spiro atoms. The van der Waals surface area contributed by atoms with E-state index in [2.05, 4.69) is 0 Å². The summed E-state index contributed by atoms with van der Waals surface area (Å²) in [7, 11) is 0. The van der Waals surface area contributed by atoms with Gasteiger partial charge < -0.3 is 14.9 Å². The summed E-state index contributed by atoms with van der Waals surface area (Å²) in [4.78, 5) is 11.0. The summed E-state index contributed by atoms with van der Waals surface area (Å²) < 4.78 is 4.88. The lowest BCUT2D eigenvalue weighted by Crippen LogP contribution is -2.35. The minimum Gasteiger partial charge on any atom is -0.465 e. The number of halogens is 1. The highest BCUT2D eigenvalue weighted by atomic mass is 35.5. The van der Waals surface area contributed by atoms with Crippen LogP contribution in [0.4, 0.5) is 0 Å². The molecular weight excluding hydrogens is 208 g/mol. The predicted octanol–water partition coefficient (Wildman–Crippen LogP) is 0.539. The van der Waals surface area contributed by atoms with Crippen molar-refractivity contribution < 1.29 is 19.7 Å². The van der Waals surface area contributed by atoms with Gasteiger partial charge in [0.1, 0.15) is 6.61 Å². The summed E-state index contributed by atoms with van der Waals surface area (Å²) in [5, 5.41) is 18.1. The van der Waals surface area contributed by atoms with Crippen molar-refractivity contribution in [3.8, 4) is 0 Å². The highest BCUT2D eigenvalue weighted by Gasteiger charge is 2.28. The summed E-state index contributed by atoms with van der Waals surface area (Å²) >= 11 is 5.35. The summed E-state index contributed by atoms with van der Waals surface area (Å²) in [6.45, 7) is 1.45. The van der Waals surface area contributed by atoms with Gasteiger partial charge >= 0.3 is 5.97 Å². The Morgan fingerprint density at radius 1 is 1.43 bits per heavy atom. The number of carbonyl (C=O) groups excluding carboxylic acids is 1. The molecule has 0 radical (unpaired) electrons. The van der Waals surface area contributed by atoms with Crippen LogP contribution in [-0.2, 0) is 9.53 Å². The van der Waals surface area contributed by atoms with Crippen molar-refractivity contribution in [2.75, 3.05) is 25.7 Å². The molecule has 2 N–H and O–H groups in total. The van der Waals surface area contributed by atoms with Crippen LogP contribution in [0.15, 0.2) is 0 Å². The number of ether oxygens (including phenoxy) is 1. The van der Waals surface area contributed by atoms with E-state index < -0.39 is 11.4 Å². The lowest BCUT2D eigenvalue weighted by molar-refractivity contribution is -0.149. The molecule has 0 saturated carbocycles. The first-order valence-corrected chi connectivity index (χ1v) is 5.11. The van der Waals surface area contributed by atoms with E-state index in [0.717, 1.165) is 0 Å². The number of alkyl halides is 1. The molecule has 0 atom stereocenters. The number of aliphatic hydroxyl groups is 2. The first kappa shape index (κ1) is 13.7. The zero-order valence-electron chi connectivity index (χ0n) is 8.33. The molecule has 0 aromatic carbocycles. The van der Waals surface area contributed by atoms with Gasteiger partial charge in [0.05, 0.1) is 25.0 Å². The Kier molecular flexibility index (Phi) is 6.87. The van der Waals surface area contributed by atoms with Crippen molar-refractivity contribution in [2.24, 2.45) is 5.41 Å². The van der Waals surface area contributed by atoms with E-state index in [0.29, 0.717) is 6.42 Å². The molecule has 0 bridgehead atoms. The predicted molar refractivity (Wildman–Crippen MR) is 53.2 cm³/mol. The van der Waals surface area contributed by atoms with E-state index in [-0.39, 0.29) is 32.1 Å². The number of hydrogen-bond acceptors (Lipinski definition) is 4. The van der Waals surface area contributed by atoms with Gasteiger partial charge in [-0.15, -0.1) is 11.6 Å². The fourth-order valence-corrected chi connectivity index (χ4v) is 1.00. The van der Waals surface area contributed by atoms with Gasteiger partial charge in [0.15, 0.2) is 0 Å². The average Bonchev–Trinajstić information content (AvgIpc) is 2.21. The molecule has 0 aromatic rings. The first-order chi connectivity index (χ1) is 6.64. The SMILES string of the molecule is CCC(CO)(CO)COC(=O)CCCl. The molecule has 0 fully saturated rings. The van der Waals surface area contributed by atoms with Gasteiger partial charge in [-0.25, -0.2) is 0 Å². The van der Waals surface area contributed by atoms with Crippen LogP contribution in [0.5, 0.6) is 0 Å². The van der Waals surface area contributed by atoms with Crippen molar-refractivity contribution >= 4 is 17.6 Å². The zero-order chi connectivity index (χ0) is 11.0. The number of hydrogen-bond donors (Lipinski definition) is 2. The zero-order valence-corrected chi connectivity index (χ0v) is 9.09. The van der Waals surface area contributed by atoms with Crippen molar-refractivity contribution in [3.05, 3.63) is 0 Å². The van der Waals surface area contributed by atoms with E-state index in [9.17, 15) is 4.79 Å². The van der Waals surface area contributed by atoms with Crippen molar-refractivity contribution in [3.63, 3.8) is 0 Å². The van der Waals surface area contributed by atoms with Crippen LogP contribution in [-0.4, -0.2) is 41.9 Å². The molecule has 0 heterocycles. The molecule has 84 valence electrons. The van der Waals surface area contributed by atoms with Gasteiger partial charge in [-0.2, -0.15) is 0 Å². The van der Waals surface area contributed by atoms with E-state index in [1.807, 2.05) is 6.92 Å². The Labute approximate surface area is 88.8 Å². The van der Waals surface area contributed by atoms with Gasteiger partial charge in [0.2, 0.25) is 0 Å². The van der Waals surface area contributed by atoms with Crippen LogP contribution in [0, 0.1) is 5.41 Å². The van der Waals surface area contributed by atoms with Crippen molar-refractivity contribution in [2.45, 2.75) is 19.8 Å². The van der Waals surface area contributed by atoms with Gasteiger partial charge in [-0.1, -0.05) is 6.92 Å². The van der Waals surface area contributed by atoms with Crippen LogP contribution in [0.3, 0.4) is 0 Å². The van der Waals surface area contributed by atoms with Gasteiger partial charge in [0.25, 0.3) is 0 Å². The Hall–Kier alpha value is -0.320. The molecule has 5 heteroatoms. The Balaban J connectivity index is 3.99. The van der Waals surface area contributed by atoms with Crippen LogP contribution in [0.1, 0.15) is 19.8 Å². The van der Waals surface area contributed by atoms with E-state index in [1.54, 1.807) is 0 Å². The highest BCUT2D eigenvalue weighted by molar-refractivity contribution is 6.18. The van der Waals surface area contributed by atoms with E-state index in [1.165, 1.54) is 0 Å². The lowest BCUT2D eigenvalue weighted by atomic mass is 9.88. The van der Waals surface area contributed by atoms with Crippen LogP contribution in [0.25, 0.3) is 0 Å². The number of carbonyl (C=O) groups is 1. The molecular formula is C9H17ClO4. The normalized spacial score (nSPS) is 11.4. The molecule has 0 rings (SSSR count). The number of rotatable bonds is 7. The van der Waals surface area contributed by atoms with Crippen LogP contribution in [0.2, 0.25) is 0 Å². The maximum atomic E-state index is 11.0. The Bertz CT molecular complexity index is 160. The third-order valence-corrected chi connectivity index (χ3v) is 2.45. The minimum absolute atomic E-state index is 0.0340. The monoisotopic (exact) mass is 224 g/mol. The van der Waals surface area contributed by atoms with Gasteiger partial charge in [0, 0.05) is 5.88 Å². The third kappa shape index (κ3) is 4.26. The second-order valence-electron chi connectivity index (χ2n) is 3.27. The fourth-order valence-electron chi connectivity index (χ4n) is 0.850. The fraction of sp³-hybridized carbons (Fsp3) is 0.889. The first-order valence-electron chi connectivity index (χ1n) is 4.57. The van der Waals surface area contributed by atoms with Gasteiger partial charge in [-0.05, 0) is 6.42 Å². The molecule has 0 aliphatic heterocycles. The van der Waals surface area contributed by atoms with Crippen LogP contribution < -0.4 is 0 Å². The standard InChI is InChI=1S/C9H17ClO4/c1-2-9(5-11,6-12)7-14-8(13)3-4-10/h11-12H,2-7H2,1H3. The molecule has 14 heavy (non-hydrogen) atoms. The molecule has 0 aliphatic rings. The topological polar surface area (TPSA) is 66.8 Å². The largest absolute Gasteiger partial charge is 0.465 e.